The largest absolute Gasteiger partial charge is 0.489 e. The van der Waals surface area contributed by atoms with E-state index >= 15 is 0 Å². The molecule has 0 aromatic heterocycles. The van der Waals surface area contributed by atoms with E-state index in [1.165, 1.54) is 0 Å². The number of carbonyl (C=O) groups excluding carboxylic acids is 1. The maximum atomic E-state index is 10.9. The molecule has 3 nitrogen and oxygen atoms in total. The van der Waals surface area contributed by atoms with Crippen molar-refractivity contribution in [1.82, 2.24) is 5.32 Å². The summed E-state index contributed by atoms with van der Waals surface area (Å²) in [6, 6.07) is 7.72. The molecule has 1 atom stereocenters. The lowest BCUT2D eigenvalue weighted by Gasteiger charge is -2.23. The molecule has 1 heterocycles. The number of nitrogens with one attached hydrogen (secondary N) is 1. The summed E-state index contributed by atoms with van der Waals surface area (Å²) < 4.78 is 6.76. The molecule has 1 aromatic carbocycles. The highest BCUT2D eigenvalue weighted by Crippen LogP contribution is 2.19. The number of benzene rings is 1. The summed E-state index contributed by atoms with van der Waals surface area (Å²) in [6.45, 7) is 0.606. The van der Waals surface area contributed by atoms with E-state index in [0.717, 1.165) is 16.6 Å². The highest BCUT2D eigenvalue weighted by Gasteiger charge is 2.18. The van der Waals surface area contributed by atoms with Crippen LogP contribution in [0.3, 0.4) is 0 Å². The van der Waals surface area contributed by atoms with Gasteiger partial charge in [-0.05, 0) is 30.7 Å². The minimum Gasteiger partial charge on any atom is -0.489 e. The second-order valence-corrected chi connectivity index (χ2v) is 4.45. The molecule has 1 saturated heterocycles. The molecule has 0 saturated carbocycles. The molecule has 2 rings (SSSR count). The lowest BCUT2D eigenvalue weighted by molar-refractivity contribution is -0.123. The van der Waals surface area contributed by atoms with Crippen LogP contribution in [-0.4, -0.2) is 18.6 Å². The summed E-state index contributed by atoms with van der Waals surface area (Å²) in [5.41, 5.74) is 0. The number of hydrogen-bond acceptors (Lipinski definition) is 2. The van der Waals surface area contributed by atoms with E-state index in [2.05, 4.69) is 21.2 Å². The highest BCUT2D eigenvalue weighted by atomic mass is 79.9. The molecule has 1 aliphatic rings. The number of halogens is 1. The Morgan fingerprint density at radius 1 is 1.33 bits per heavy atom. The van der Waals surface area contributed by atoms with Crippen molar-refractivity contribution < 1.29 is 9.53 Å². The van der Waals surface area contributed by atoms with Crippen molar-refractivity contribution in [3.63, 3.8) is 0 Å². The quantitative estimate of drug-likeness (QED) is 0.893. The van der Waals surface area contributed by atoms with E-state index in [1.54, 1.807) is 0 Å². The summed E-state index contributed by atoms with van der Waals surface area (Å²) in [5.74, 6) is 0.963. The number of carbonyl (C=O) groups is 1. The zero-order chi connectivity index (χ0) is 10.7. The van der Waals surface area contributed by atoms with Gasteiger partial charge in [0.15, 0.2) is 0 Å². The highest BCUT2D eigenvalue weighted by molar-refractivity contribution is 9.10. The third-order valence-electron chi connectivity index (χ3n) is 2.34. The van der Waals surface area contributed by atoms with Crippen LogP contribution in [0, 0.1) is 0 Å². The first kappa shape index (κ1) is 10.5. The summed E-state index contributed by atoms with van der Waals surface area (Å²) in [4.78, 5) is 10.9. The Morgan fingerprint density at radius 3 is 2.67 bits per heavy atom. The van der Waals surface area contributed by atoms with E-state index in [-0.39, 0.29) is 12.0 Å². The molecule has 80 valence electrons. The first-order valence-electron chi connectivity index (χ1n) is 4.93. The van der Waals surface area contributed by atoms with Crippen molar-refractivity contribution in [3.05, 3.63) is 28.7 Å². The minimum absolute atomic E-state index is 0.101. The fourth-order valence-corrected chi connectivity index (χ4v) is 1.78. The van der Waals surface area contributed by atoms with Crippen LogP contribution in [0.15, 0.2) is 28.7 Å². The average Bonchev–Trinajstić information content (AvgIpc) is 2.25. The average molecular weight is 270 g/mol. The molecule has 1 amide bonds. The zero-order valence-electron chi connectivity index (χ0n) is 8.20. The van der Waals surface area contributed by atoms with Gasteiger partial charge in [-0.25, -0.2) is 0 Å². The van der Waals surface area contributed by atoms with Gasteiger partial charge < -0.3 is 10.1 Å². The van der Waals surface area contributed by atoms with Crippen LogP contribution in [0.4, 0.5) is 0 Å². The zero-order valence-corrected chi connectivity index (χ0v) is 9.79. The van der Waals surface area contributed by atoms with Gasteiger partial charge in [-0.3, -0.25) is 4.79 Å². The smallest absolute Gasteiger partial charge is 0.220 e. The van der Waals surface area contributed by atoms with Gasteiger partial charge >= 0.3 is 0 Å². The first-order chi connectivity index (χ1) is 7.24. The molecule has 1 aromatic rings. The number of amides is 1. The molecule has 1 fully saturated rings. The van der Waals surface area contributed by atoms with Crippen LogP contribution < -0.4 is 10.1 Å². The summed E-state index contributed by atoms with van der Waals surface area (Å²) in [6.07, 6.45) is 1.45. The molecular weight excluding hydrogens is 258 g/mol. The van der Waals surface area contributed by atoms with Gasteiger partial charge in [0.25, 0.3) is 0 Å². The predicted molar refractivity (Wildman–Crippen MR) is 60.8 cm³/mol. The Labute approximate surface area is 96.9 Å². The number of hydrogen-bond donors (Lipinski definition) is 1. The van der Waals surface area contributed by atoms with Gasteiger partial charge in [0.2, 0.25) is 5.91 Å². The van der Waals surface area contributed by atoms with Crippen LogP contribution in [0.1, 0.15) is 12.8 Å². The maximum Gasteiger partial charge on any atom is 0.220 e. The monoisotopic (exact) mass is 269 g/mol. The summed E-state index contributed by atoms with van der Waals surface area (Å²) in [7, 11) is 0. The van der Waals surface area contributed by atoms with Crippen molar-refractivity contribution in [3.8, 4) is 5.75 Å². The standard InChI is InChI=1S/C11H12BrNO2/c12-8-1-3-9(4-2-8)15-10-5-6-11(14)13-7-10/h1-4,10H,5-7H2,(H,13,14)/t10-/m1/s1. The molecule has 0 bridgehead atoms. The SMILES string of the molecule is O=C1CC[C@@H](Oc2ccc(Br)cc2)CN1. The summed E-state index contributed by atoms with van der Waals surface area (Å²) >= 11 is 3.37. The van der Waals surface area contributed by atoms with E-state index in [9.17, 15) is 4.79 Å². The second kappa shape index (κ2) is 4.66. The maximum absolute atomic E-state index is 10.9. The fourth-order valence-electron chi connectivity index (χ4n) is 1.52. The Balaban J connectivity index is 1.91. The van der Waals surface area contributed by atoms with Crippen LogP contribution >= 0.6 is 15.9 Å². The van der Waals surface area contributed by atoms with Crippen molar-refractivity contribution in [2.45, 2.75) is 18.9 Å². The van der Waals surface area contributed by atoms with Gasteiger partial charge in [-0.2, -0.15) is 0 Å². The third-order valence-corrected chi connectivity index (χ3v) is 2.87. The normalized spacial score (nSPS) is 20.9. The van der Waals surface area contributed by atoms with Gasteiger partial charge in [0, 0.05) is 10.9 Å². The van der Waals surface area contributed by atoms with E-state index in [1.807, 2.05) is 24.3 Å². The lowest BCUT2D eigenvalue weighted by Crippen LogP contribution is -2.40. The van der Waals surface area contributed by atoms with Crippen LogP contribution in [0.5, 0.6) is 5.75 Å². The van der Waals surface area contributed by atoms with Crippen molar-refractivity contribution in [2.75, 3.05) is 6.54 Å². The minimum atomic E-state index is 0.101. The molecule has 4 heteroatoms. The molecule has 0 aliphatic carbocycles. The van der Waals surface area contributed by atoms with E-state index < -0.39 is 0 Å². The summed E-state index contributed by atoms with van der Waals surface area (Å²) in [5, 5.41) is 2.79. The molecule has 0 spiro atoms. The molecular formula is C11H12BrNO2. The molecule has 0 unspecified atom stereocenters. The third kappa shape index (κ3) is 2.96. The van der Waals surface area contributed by atoms with E-state index in [0.29, 0.717) is 13.0 Å². The lowest BCUT2D eigenvalue weighted by atomic mass is 10.1. The molecule has 0 radical (unpaired) electrons. The molecule has 1 aliphatic heterocycles. The van der Waals surface area contributed by atoms with Crippen molar-refractivity contribution in [2.24, 2.45) is 0 Å². The number of ether oxygens (including phenoxy) is 1. The number of rotatable bonds is 2. The molecule has 15 heavy (non-hydrogen) atoms. The van der Waals surface area contributed by atoms with Gasteiger partial charge in [-0.1, -0.05) is 15.9 Å². The van der Waals surface area contributed by atoms with Gasteiger partial charge in [-0.15, -0.1) is 0 Å². The van der Waals surface area contributed by atoms with Crippen LogP contribution in [0.25, 0.3) is 0 Å². The van der Waals surface area contributed by atoms with E-state index in [4.69, 9.17) is 4.74 Å². The van der Waals surface area contributed by atoms with Crippen molar-refractivity contribution in [1.29, 1.82) is 0 Å². The Kier molecular flexibility index (Phi) is 3.26. The number of piperidine rings is 1. The Bertz CT molecular complexity index is 340. The van der Waals surface area contributed by atoms with Gasteiger partial charge in [0.05, 0.1) is 6.54 Å². The van der Waals surface area contributed by atoms with Crippen LogP contribution in [-0.2, 0) is 4.79 Å². The topological polar surface area (TPSA) is 38.3 Å². The van der Waals surface area contributed by atoms with Gasteiger partial charge in [0.1, 0.15) is 11.9 Å². The Hall–Kier alpha value is -1.03. The second-order valence-electron chi connectivity index (χ2n) is 3.54. The Morgan fingerprint density at radius 2 is 2.07 bits per heavy atom. The molecule has 1 N–H and O–H groups in total. The first-order valence-corrected chi connectivity index (χ1v) is 5.72. The predicted octanol–water partition coefficient (Wildman–Crippen LogP) is 2.11. The van der Waals surface area contributed by atoms with Crippen molar-refractivity contribution >= 4 is 21.8 Å². The fraction of sp³-hybridized carbons (Fsp3) is 0.364. The van der Waals surface area contributed by atoms with Crippen LogP contribution in [0.2, 0.25) is 0 Å².